The number of carbonyl (C=O) groups is 1. The molecule has 0 saturated heterocycles. The van der Waals surface area contributed by atoms with Gasteiger partial charge in [-0.25, -0.2) is 0 Å². The van der Waals surface area contributed by atoms with Gasteiger partial charge in [0.05, 0.1) is 21.7 Å². The summed E-state index contributed by atoms with van der Waals surface area (Å²) in [6, 6.07) is 11.9. The standard InChI is InChI=1S/C21H19N3O3S/c1-5-12-23-17-11-10-16(24(26)27)13-18(17)28-20(23)22-19(25)14-6-8-15(9-7-14)21(2,3)4/h1,6-11,13H,12H2,2-4H3. The van der Waals surface area contributed by atoms with Crippen LogP contribution in [-0.4, -0.2) is 15.4 Å². The average molecular weight is 393 g/mol. The number of aromatic nitrogens is 1. The van der Waals surface area contributed by atoms with Gasteiger partial charge >= 0.3 is 0 Å². The van der Waals surface area contributed by atoms with Crippen LogP contribution in [0.2, 0.25) is 0 Å². The largest absolute Gasteiger partial charge is 0.305 e. The summed E-state index contributed by atoms with van der Waals surface area (Å²) in [6.07, 6.45) is 5.46. The average Bonchev–Trinajstić information content (AvgIpc) is 2.98. The topological polar surface area (TPSA) is 77.5 Å². The fourth-order valence-electron chi connectivity index (χ4n) is 2.77. The van der Waals surface area contributed by atoms with Crippen LogP contribution in [0.25, 0.3) is 10.2 Å². The first kappa shape index (κ1) is 19.5. The van der Waals surface area contributed by atoms with Crippen molar-refractivity contribution in [3.8, 4) is 12.3 Å². The van der Waals surface area contributed by atoms with E-state index in [1.807, 2.05) is 12.1 Å². The number of terminal acetylenes is 1. The third kappa shape index (κ3) is 3.87. The number of nitrogens with zero attached hydrogens (tertiary/aromatic N) is 3. The molecule has 2 aromatic carbocycles. The molecule has 0 aliphatic carbocycles. The van der Waals surface area contributed by atoms with Crippen molar-refractivity contribution in [1.29, 1.82) is 0 Å². The Kier molecular flexibility index (Phi) is 5.16. The van der Waals surface area contributed by atoms with Crippen molar-refractivity contribution in [3.63, 3.8) is 0 Å². The van der Waals surface area contributed by atoms with Crippen molar-refractivity contribution in [2.24, 2.45) is 4.99 Å². The van der Waals surface area contributed by atoms with Crippen molar-refractivity contribution in [2.75, 3.05) is 0 Å². The van der Waals surface area contributed by atoms with Crippen LogP contribution in [0, 0.1) is 22.5 Å². The number of non-ortho nitro benzene ring substituents is 1. The van der Waals surface area contributed by atoms with Crippen molar-refractivity contribution in [1.82, 2.24) is 4.57 Å². The molecule has 1 heterocycles. The number of benzene rings is 2. The minimum Gasteiger partial charge on any atom is -0.305 e. The fraction of sp³-hybridized carbons (Fsp3) is 0.238. The van der Waals surface area contributed by atoms with Crippen molar-refractivity contribution >= 4 is 33.1 Å². The van der Waals surface area contributed by atoms with Crippen LogP contribution in [-0.2, 0) is 12.0 Å². The highest BCUT2D eigenvalue weighted by Crippen LogP contribution is 2.24. The highest BCUT2D eigenvalue weighted by molar-refractivity contribution is 7.16. The number of hydrogen-bond donors (Lipinski definition) is 0. The maximum Gasteiger partial charge on any atom is 0.279 e. The molecule has 0 N–H and O–H groups in total. The second-order valence-electron chi connectivity index (χ2n) is 7.33. The van der Waals surface area contributed by atoms with Crippen molar-refractivity contribution in [2.45, 2.75) is 32.7 Å². The molecule has 0 aliphatic heterocycles. The number of nitro benzene ring substituents is 1. The van der Waals surface area contributed by atoms with Gasteiger partial charge < -0.3 is 4.57 Å². The summed E-state index contributed by atoms with van der Waals surface area (Å²) in [6.45, 7) is 6.53. The predicted octanol–water partition coefficient (Wildman–Crippen LogP) is 4.28. The van der Waals surface area contributed by atoms with Crippen molar-refractivity contribution < 1.29 is 9.72 Å². The Morgan fingerprint density at radius 2 is 1.93 bits per heavy atom. The summed E-state index contributed by atoms with van der Waals surface area (Å²) < 4.78 is 2.37. The number of thiazole rings is 1. The van der Waals surface area contributed by atoms with E-state index in [9.17, 15) is 14.9 Å². The molecule has 0 spiro atoms. The van der Waals surface area contributed by atoms with E-state index in [1.54, 1.807) is 22.8 Å². The lowest BCUT2D eigenvalue weighted by Crippen LogP contribution is -2.16. The molecule has 0 bridgehead atoms. The van der Waals surface area contributed by atoms with Gasteiger partial charge in [0, 0.05) is 17.7 Å². The molecule has 0 saturated carbocycles. The molecule has 6 nitrogen and oxygen atoms in total. The smallest absolute Gasteiger partial charge is 0.279 e. The predicted molar refractivity (Wildman–Crippen MR) is 110 cm³/mol. The Morgan fingerprint density at radius 3 is 2.50 bits per heavy atom. The second-order valence-corrected chi connectivity index (χ2v) is 8.34. The molecular weight excluding hydrogens is 374 g/mol. The molecule has 142 valence electrons. The van der Waals surface area contributed by atoms with Gasteiger partial charge in [-0.3, -0.25) is 14.9 Å². The lowest BCUT2D eigenvalue weighted by atomic mass is 9.87. The van der Waals surface area contributed by atoms with Gasteiger partial charge in [0.2, 0.25) is 0 Å². The zero-order valence-corrected chi connectivity index (χ0v) is 16.6. The lowest BCUT2D eigenvalue weighted by molar-refractivity contribution is -0.384. The van der Waals surface area contributed by atoms with Crippen LogP contribution in [0.5, 0.6) is 0 Å². The summed E-state index contributed by atoms with van der Waals surface area (Å²) in [7, 11) is 0. The Hall–Kier alpha value is -3.24. The quantitative estimate of drug-likeness (QED) is 0.378. The molecule has 1 aromatic heterocycles. The second kappa shape index (κ2) is 7.41. The summed E-state index contributed by atoms with van der Waals surface area (Å²) in [5.74, 6) is 2.16. The van der Waals surface area contributed by atoms with Crippen molar-refractivity contribution in [3.05, 3.63) is 68.5 Å². The molecule has 7 heteroatoms. The molecular formula is C21H19N3O3S. The summed E-state index contributed by atoms with van der Waals surface area (Å²) >= 11 is 1.20. The van der Waals surface area contributed by atoms with Crippen LogP contribution < -0.4 is 4.80 Å². The number of nitro groups is 1. The first-order valence-corrected chi connectivity index (χ1v) is 9.43. The van der Waals surface area contributed by atoms with Crippen LogP contribution in [0.15, 0.2) is 47.5 Å². The van der Waals surface area contributed by atoms with E-state index in [0.717, 1.165) is 5.56 Å². The zero-order valence-electron chi connectivity index (χ0n) is 15.8. The summed E-state index contributed by atoms with van der Waals surface area (Å²) in [5.41, 5.74) is 2.29. The normalized spacial score (nSPS) is 12.1. The molecule has 28 heavy (non-hydrogen) atoms. The van der Waals surface area contributed by atoms with Gasteiger partial charge in [0.1, 0.15) is 0 Å². The summed E-state index contributed by atoms with van der Waals surface area (Å²) in [5, 5.41) is 11.0. The monoisotopic (exact) mass is 393 g/mol. The molecule has 0 atom stereocenters. The molecule has 3 aromatic rings. The van der Waals surface area contributed by atoms with Crippen LogP contribution in [0.1, 0.15) is 36.7 Å². The van der Waals surface area contributed by atoms with Crippen LogP contribution in [0.4, 0.5) is 5.69 Å². The molecule has 1 amide bonds. The number of hydrogen-bond acceptors (Lipinski definition) is 4. The maximum absolute atomic E-state index is 12.7. The van der Waals surface area contributed by atoms with Gasteiger partial charge in [-0.1, -0.05) is 50.2 Å². The molecule has 0 fully saturated rings. The van der Waals surface area contributed by atoms with E-state index >= 15 is 0 Å². The number of fused-ring (bicyclic) bond motifs is 1. The number of carbonyl (C=O) groups excluding carboxylic acids is 1. The van der Waals surface area contributed by atoms with E-state index in [4.69, 9.17) is 6.42 Å². The van der Waals surface area contributed by atoms with Crippen LogP contribution >= 0.6 is 11.3 Å². The Bertz CT molecular complexity index is 1170. The first-order valence-electron chi connectivity index (χ1n) is 8.61. The molecule has 0 radical (unpaired) electrons. The zero-order chi connectivity index (χ0) is 20.5. The lowest BCUT2D eigenvalue weighted by Gasteiger charge is -2.18. The summed E-state index contributed by atoms with van der Waals surface area (Å²) in [4.78, 5) is 27.9. The third-order valence-electron chi connectivity index (χ3n) is 4.32. The van der Waals surface area contributed by atoms with E-state index < -0.39 is 4.92 Å². The van der Waals surface area contributed by atoms with Gasteiger partial charge in [-0.15, -0.1) is 6.42 Å². The Morgan fingerprint density at radius 1 is 1.25 bits per heavy atom. The maximum atomic E-state index is 12.7. The van der Waals surface area contributed by atoms with Crippen LogP contribution in [0.3, 0.4) is 0 Å². The Balaban J connectivity index is 2.07. The molecule has 0 unspecified atom stereocenters. The van der Waals surface area contributed by atoms with E-state index in [-0.39, 0.29) is 23.6 Å². The minimum absolute atomic E-state index is 0.00523. The molecule has 3 rings (SSSR count). The highest BCUT2D eigenvalue weighted by atomic mass is 32.1. The van der Waals surface area contributed by atoms with Gasteiger partial charge in [-0.05, 0) is 29.2 Å². The Labute approximate surface area is 166 Å². The third-order valence-corrected chi connectivity index (χ3v) is 5.36. The fourth-order valence-corrected chi connectivity index (χ4v) is 3.83. The van der Waals surface area contributed by atoms with Gasteiger partial charge in [-0.2, -0.15) is 4.99 Å². The first-order chi connectivity index (χ1) is 13.2. The van der Waals surface area contributed by atoms with Gasteiger partial charge in [0.15, 0.2) is 4.80 Å². The molecule has 0 aliphatic rings. The SMILES string of the molecule is C#CCn1c(=NC(=O)c2ccc(C(C)(C)C)cc2)sc2cc([N+](=O)[O-])ccc21. The minimum atomic E-state index is -0.455. The van der Waals surface area contributed by atoms with E-state index in [2.05, 4.69) is 31.7 Å². The number of rotatable bonds is 3. The van der Waals surface area contributed by atoms with Gasteiger partial charge in [0.25, 0.3) is 11.6 Å². The van der Waals surface area contributed by atoms with E-state index in [0.29, 0.717) is 20.6 Å². The number of amides is 1. The van der Waals surface area contributed by atoms with E-state index in [1.165, 1.54) is 23.5 Å². The highest BCUT2D eigenvalue weighted by Gasteiger charge is 2.15.